The molecule has 9 heteroatoms. The molecule has 0 aliphatic carbocycles. The van der Waals surface area contributed by atoms with Crippen LogP contribution in [0.15, 0.2) is 79.1 Å². The normalized spacial score (nSPS) is 12.3. The summed E-state index contributed by atoms with van der Waals surface area (Å²) in [5.41, 5.74) is -1.84. The van der Waals surface area contributed by atoms with Gasteiger partial charge in [-0.1, -0.05) is 24.3 Å². The van der Waals surface area contributed by atoms with E-state index in [1.807, 2.05) is 6.07 Å². The van der Waals surface area contributed by atoms with Crippen molar-refractivity contribution < 1.29 is 26.3 Å². The molecule has 0 unspecified atom stereocenters. The van der Waals surface area contributed by atoms with Gasteiger partial charge in [0.2, 0.25) is 0 Å². The van der Waals surface area contributed by atoms with Gasteiger partial charge in [0.1, 0.15) is 0 Å². The lowest BCUT2D eigenvalue weighted by atomic mass is 10.0. The average Bonchev–Trinajstić information content (AvgIpc) is 3.17. The minimum Gasteiger partial charge on any atom is -0.308 e. The molecule has 174 valence electrons. The number of hydrogen-bond donors (Lipinski definition) is 0. The molecule has 0 aliphatic rings. The smallest absolute Gasteiger partial charge is 0.308 e. The summed E-state index contributed by atoms with van der Waals surface area (Å²) in [7, 11) is 0. The van der Waals surface area contributed by atoms with Crippen LogP contribution in [-0.2, 0) is 12.4 Å². The predicted octanol–water partition coefficient (Wildman–Crippen LogP) is 7.75. The van der Waals surface area contributed by atoms with Crippen LogP contribution in [0.25, 0.3) is 38.6 Å². The molecule has 0 spiro atoms. The van der Waals surface area contributed by atoms with E-state index >= 15 is 0 Å². The SMILES string of the molecule is N#Cc1cc(-c2ccncc2)cc(-n2c3c(C(F)(F)F)cccc3c3cccc(C(F)(F)F)c32)c1. The first-order valence-corrected chi connectivity index (χ1v) is 10.3. The Bertz CT molecular complexity index is 1550. The molecule has 0 fully saturated rings. The lowest BCUT2D eigenvalue weighted by Gasteiger charge is -2.17. The van der Waals surface area contributed by atoms with E-state index in [4.69, 9.17) is 0 Å². The summed E-state index contributed by atoms with van der Waals surface area (Å²) in [6.07, 6.45) is -6.66. The highest BCUT2D eigenvalue weighted by atomic mass is 19.4. The zero-order valence-corrected chi connectivity index (χ0v) is 17.6. The van der Waals surface area contributed by atoms with E-state index < -0.39 is 34.5 Å². The van der Waals surface area contributed by atoms with Gasteiger partial charge in [-0.25, -0.2) is 0 Å². The van der Waals surface area contributed by atoms with Crippen LogP contribution in [0.3, 0.4) is 0 Å². The summed E-state index contributed by atoms with van der Waals surface area (Å²) in [5, 5.41) is 9.64. The Balaban J connectivity index is 2.00. The van der Waals surface area contributed by atoms with Crippen LogP contribution in [0.5, 0.6) is 0 Å². The molecule has 2 aromatic heterocycles. The molecule has 3 aromatic carbocycles. The molecule has 0 saturated heterocycles. The van der Waals surface area contributed by atoms with Crippen LogP contribution in [0, 0.1) is 11.3 Å². The van der Waals surface area contributed by atoms with Gasteiger partial charge in [-0.15, -0.1) is 0 Å². The van der Waals surface area contributed by atoms with Gasteiger partial charge in [-0.3, -0.25) is 4.98 Å². The third kappa shape index (κ3) is 3.77. The number of pyridine rings is 1. The number of para-hydroxylation sites is 2. The highest BCUT2D eigenvalue weighted by molar-refractivity contribution is 6.11. The van der Waals surface area contributed by atoms with Crippen LogP contribution in [0.4, 0.5) is 26.3 Å². The lowest BCUT2D eigenvalue weighted by molar-refractivity contribution is -0.136. The minimum atomic E-state index is -4.83. The second kappa shape index (κ2) is 7.87. The number of halogens is 6. The summed E-state index contributed by atoms with van der Waals surface area (Å²) in [4.78, 5) is 3.92. The fourth-order valence-corrected chi connectivity index (χ4v) is 4.35. The summed E-state index contributed by atoms with van der Waals surface area (Å²) < 4.78 is 85.4. The molecule has 0 atom stereocenters. The maximum Gasteiger partial charge on any atom is 0.418 e. The Morgan fingerprint density at radius 1 is 0.686 bits per heavy atom. The van der Waals surface area contributed by atoms with Crippen LogP contribution in [-0.4, -0.2) is 9.55 Å². The molecule has 5 rings (SSSR count). The zero-order valence-electron chi connectivity index (χ0n) is 17.6. The van der Waals surface area contributed by atoms with Crippen molar-refractivity contribution in [3.05, 3.63) is 95.8 Å². The van der Waals surface area contributed by atoms with E-state index in [0.29, 0.717) is 11.1 Å². The quantitative estimate of drug-likeness (QED) is 0.242. The second-order valence-electron chi connectivity index (χ2n) is 7.85. The van der Waals surface area contributed by atoms with Crippen LogP contribution in [0.2, 0.25) is 0 Å². The molecular weight excluding hydrogens is 468 g/mol. The first-order chi connectivity index (χ1) is 16.6. The van der Waals surface area contributed by atoms with E-state index in [1.165, 1.54) is 54.9 Å². The first kappa shape index (κ1) is 22.5. The predicted molar refractivity (Wildman–Crippen MR) is 119 cm³/mol. The van der Waals surface area contributed by atoms with Crippen LogP contribution in [0.1, 0.15) is 16.7 Å². The Labute approximate surface area is 194 Å². The third-order valence-electron chi connectivity index (χ3n) is 5.74. The van der Waals surface area contributed by atoms with Gasteiger partial charge in [0.05, 0.1) is 33.8 Å². The maximum absolute atomic E-state index is 14.1. The fraction of sp³-hybridized carbons (Fsp3) is 0.0769. The number of benzene rings is 3. The maximum atomic E-state index is 14.1. The topological polar surface area (TPSA) is 41.6 Å². The largest absolute Gasteiger partial charge is 0.418 e. The number of fused-ring (bicyclic) bond motifs is 3. The number of rotatable bonds is 2. The van der Waals surface area contributed by atoms with Crippen molar-refractivity contribution in [2.45, 2.75) is 12.4 Å². The van der Waals surface area contributed by atoms with Crippen LogP contribution < -0.4 is 0 Å². The number of hydrogen-bond acceptors (Lipinski definition) is 2. The molecule has 5 aromatic rings. The molecule has 3 nitrogen and oxygen atoms in total. The molecule has 0 bridgehead atoms. The monoisotopic (exact) mass is 481 g/mol. The van der Waals surface area contributed by atoms with Crippen LogP contribution >= 0.6 is 0 Å². The summed E-state index contributed by atoms with van der Waals surface area (Å²) in [5.74, 6) is 0. The molecule has 0 N–H and O–H groups in total. The summed E-state index contributed by atoms with van der Waals surface area (Å²) in [6.45, 7) is 0. The molecular formula is C26H13F6N3. The molecule has 35 heavy (non-hydrogen) atoms. The van der Waals surface area contributed by atoms with E-state index in [9.17, 15) is 31.6 Å². The van der Waals surface area contributed by atoms with Crippen molar-refractivity contribution in [2.24, 2.45) is 0 Å². The summed E-state index contributed by atoms with van der Waals surface area (Å²) in [6, 6.07) is 16.2. The molecule has 0 amide bonds. The van der Waals surface area contributed by atoms with E-state index in [0.717, 1.165) is 16.7 Å². The number of alkyl halides is 6. The van der Waals surface area contributed by atoms with Gasteiger partial charge in [0.25, 0.3) is 0 Å². The Kier molecular flexibility index (Phi) is 5.06. The van der Waals surface area contributed by atoms with Crippen molar-refractivity contribution >= 4 is 21.8 Å². The zero-order chi connectivity index (χ0) is 25.0. The Hall–Kier alpha value is -4.32. The number of nitrogens with zero attached hydrogens (tertiary/aromatic N) is 3. The first-order valence-electron chi connectivity index (χ1n) is 10.3. The van der Waals surface area contributed by atoms with E-state index in [-0.39, 0.29) is 22.0 Å². The highest BCUT2D eigenvalue weighted by Crippen LogP contribution is 2.44. The van der Waals surface area contributed by atoms with Crippen molar-refractivity contribution in [3.63, 3.8) is 0 Å². The second-order valence-corrected chi connectivity index (χ2v) is 7.85. The molecule has 0 aliphatic heterocycles. The third-order valence-corrected chi connectivity index (χ3v) is 5.74. The van der Waals surface area contributed by atoms with Gasteiger partial charge in [0.15, 0.2) is 0 Å². The van der Waals surface area contributed by atoms with Crippen molar-refractivity contribution in [2.75, 3.05) is 0 Å². The minimum absolute atomic E-state index is 0.00395. The van der Waals surface area contributed by atoms with Gasteiger partial charge in [-0.2, -0.15) is 31.6 Å². The van der Waals surface area contributed by atoms with Gasteiger partial charge in [-0.05, 0) is 53.6 Å². The van der Waals surface area contributed by atoms with Crippen molar-refractivity contribution in [1.82, 2.24) is 9.55 Å². The Morgan fingerprint density at radius 2 is 1.23 bits per heavy atom. The molecule has 2 heterocycles. The lowest BCUT2D eigenvalue weighted by Crippen LogP contribution is -2.11. The average molecular weight is 481 g/mol. The van der Waals surface area contributed by atoms with E-state index in [2.05, 4.69) is 4.98 Å². The van der Waals surface area contributed by atoms with Gasteiger partial charge >= 0.3 is 12.4 Å². The van der Waals surface area contributed by atoms with E-state index in [1.54, 1.807) is 12.1 Å². The van der Waals surface area contributed by atoms with Crippen molar-refractivity contribution in [3.8, 4) is 22.9 Å². The highest BCUT2D eigenvalue weighted by Gasteiger charge is 2.38. The Morgan fingerprint density at radius 3 is 1.71 bits per heavy atom. The number of nitriles is 1. The molecule has 0 radical (unpaired) electrons. The number of aromatic nitrogens is 2. The standard InChI is InChI=1S/C26H13F6N3/c27-25(28,29)21-5-1-3-19-20-4-2-6-22(26(30,31)32)24(20)35(23(19)21)18-12-15(14-33)11-17(13-18)16-7-9-34-10-8-16/h1-13H. The van der Waals surface area contributed by atoms with Gasteiger partial charge in [0, 0.05) is 28.9 Å². The summed E-state index contributed by atoms with van der Waals surface area (Å²) >= 11 is 0. The van der Waals surface area contributed by atoms with Crippen molar-refractivity contribution in [1.29, 1.82) is 5.26 Å². The molecule has 0 saturated carbocycles. The fourth-order valence-electron chi connectivity index (χ4n) is 4.35. The van der Waals surface area contributed by atoms with Gasteiger partial charge < -0.3 is 4.57 Å².